The molecular weight excluding hydrogens is 186 g/mol. The molecule has 0 fully saturated rings. The summed E-state index contributed by atoms with van der Waals surface area (Å²) in [6, 6.07) is 4.90. The summed E-state index contributed by atoms with van der Waals surface area (Å²) in [5.74, 6) is 0. The summed E-state index contributed by atoms with van der Waals surface area (Å²) in [6.45, 7) is 5.98. The highest BCUT2D eigenvalue weighted by atomic mass is 16.5. The summed E-state index contributed by atoms with van der Waals surface area (Å²) in [7, 11) is 2.00. The van der Waals surface area contributed by atoms with E-state index in [9.17, 15) is 0 Å². The quantitative estimate of drug-likeness (QED) is 0.758. The van der Waals surface area contributed by atoms with Gasteiger partial charge in [-0.25, -0.2) is 0 Å². The van der Waals surface area contributed by atoms with Gasteiger partial charge >= 0.3 is 0 Å². The molecular formula is C13H19NO. The average Bonchev–Trinajstić information content (AvgIpc) is 2.39. The summed E-state index contributed by atoms with van der Waals surface area (Å²) in [6.07, 6.45) is 1.04. The van der Waals surface area contributed by atoms with Gasteiger partial charge in [-0.3, -0.25) is 0 Å². The summed E-state index contributed by atoms with van der Waals surface area (Å²) in [5, 5.41) is 3.33. The highest BCUT2D eigenvalue weighted by Crippen LogP contribution is 2.26. The van der Waals surface area contributed by atoms with Crippen molar-refractivity contribution in [1.29, 1.82) is 0 Å². The standard InChI is InChI=1S/C13H19NO/c1-9-6-10(2)11-4-5-15-8-13(14-3)12(11)7-9/h6-7,13-14H,4-5,8H2,1-3H3. The van der Waals surface area contributed by atoms with Gasteiger partial charge in [-0.1, -0.05) is 17.7 Å². The van der Waals surface area contributed by atoms with Gasteiger partial charge in [-0.2, -0.15) is 0 Å². The molecule has 1 atom stereocenters. The van der Waals surface area contributed by atoms with E-state index < -0.39 is 0 Å². The molecule has 0 bridgehead atoms. The van der Waals surface area contributed by atoms with Gasteiger partial charge in [-0.05, 0) is 44.0 Å². The number of benzene rings is 1. The average molecular weight is 205 g/mol. The van der Waals surface area contributed by atoms with Crippen LogP contribution in [0.5, 0.6) is 0 Å². The van der Waals surface area contributed by atoms with Crippen LogP contribution in [-0.2, 0) is 11.2 Å². The van der Waals surface area contributed by atoms with Gasteiger partial charge in [0.1, 0.15) is 0 Å². The number of aryl methyl sites for hydroxylation is 2. The Morgan fingerprint density at radius 2 is 2.13 bits per heavy atom. The van der Waals surface area contributed by atoms with Gasteiger partial charge in [-0.15, -0.1) is 0 Å². The second-order valence-corrected chi connectivity index (χ2v) is 4.32. The highest BCUT2D eigenvalue weighted by molar-refractivity contribution is 5.40. The van der Waals surface area contributed by atoms with Gasteiger partial charge < -0.3 is 10.1 Å². The molecule has 0 saturated heterocycles. The van der Waals surface area contributed by atoms with E-state index in [1.54, 1.807) is 0 Å². The van der Waals surface area contributed by atoms with Crippen molar-refractivity contribution in [3.63, 3.8) is 0 Å². The van der Waals surface area contributed by atoms with Crippen molar-refractivity contribution in [2.75, 3.05) is 20.3 Å². The van der Waals surface area contributed by atoms with E-state index in [0.717, 1.165) is 19.6 Å². The third-order valence-corrected chi connectivity index (χ3v) is 3.16. The fraction of sp³-hybridized carbons (Fsp3) is 0.538. The SMILES string of the molecule is CNC1COCCc2c(C)cc(C)cc21. The fourth-order valence-electron chi connectivity index (χ4n) is 2.39. The molecule has 0 aromatic heterocycles. The van der Waals surface area contributed by atoms with Gasteiger partial charge in [0, 0.05) is 0 Å². The van der Waals surface area contributed by atoms with Crippen LogP contribution >= 0.6 is 0 Å². The van der Waals surface area contributed by atoms with Crippen molar-refractivity contribution >= 4 is 0 Å². The molecule has 82 valence electrons. The predicted octanol–water partition coefficient (Wildman–Crippen LogP) is 2.14. The highest BCUT2D eigenvalue weighted by Gasteiger charge is 2.18. The van der Waals surface area contributed by atoms with Crippen molar-refractivity contribution in [1.82, 2.24) is 5.32 Å². The minimum Gasteiger partial charge on any atom is -0.379 e. The van der Waals surface area contributed by atoms with Crippen LogP contribution in [0.2, 0.25) is 0 Å². The lowest BCUT2D eigenvalue weighted by Gasteiger charge is -2.18. The maximum atomic E-state index is 5.61. The first-order valence-electron chi connectivity index (χ1n) is 5.57. The van der Waals surface area contributed by atoms with E-state index in [2.05, 4.69) is 31.3 Å². The van der Waals surface area contributed by atoms with E-state index in [4.69, 9.17) is 4.74 Å². The van der Waals surface area contributed by atoms with Crippen LogP contribution in [0, 0.1) is 13.8 Å². The predicted molar refractivity (Wildman–Crippen MR) is 62.2 cm³/mol. The summed E-state index contributed by atoms with van der Waals surface area (Å²) in [5.41, 5.74) is 5.63. The molecule has 0 radical (unpaired) electrons. The number of hydrogen-bond acceptors (Lipinski definition) is 2. The largest absolute Gasteiger partial charge is 0.379 e. The second-order valence-electron chi connectivity index (χ2n) is 4.32. The maximum absolute atomic E-state index is 5.61. The van der Waals surface area contributed by atoms with E-state index in [0.29, 0.717) is 6.04 Å². The molecule has 2 heteroatoms. The Kier molecular flexibility index (Phi) is 3.08. The minimum atomic E-state index is 0.348. The van der Waals surface area contributed by atoms with Crippen LogP contribution in [-0.4, -0.2) is 20.3 Å². The van der Waals surface area contributed by atoms with E-state index >= 15 is 0 Å². The van der Waals surface area contributed by atoms with E-state index in [1.165, 1.54) is 22.3 Å². The summed E-state index contributed by atoms with van der Waals surface area (Å²) >= 11 is 0. The maximum Gasteiger partial charge on any atom is 0.0661 e. The number of hydrogen-bond donors (Lipinski definition) is 1. The smallest absolute Gasteiger partial charge is 0.0661 e. The first kappa shape index (κ1) is 10.7. The van der Waals surface area contributed by atoms with Crippen LogP contribution in [0.25, 0.3) is 0 Å². The Hall–Kier alpha value is -0.860. The Morgan fingerprint density at radius 3 is 2.87 bits per heavy atom. The van der Waals surface area contributed by atoms with Crippen LogP contribution in [0.4, 0.5) is 0 Å². The molecule has 1 aliphatic rings. The van der Waals surface area contributed by atoms with Crippen LogP contribution in [0.15, 0.2) is 12.1 Å². The normalized spacial score (nSPS) is 20.9. The molecule has 1 aromatic carbocycles. The number of fused-ring (bicyclic) bond motifs is 1. The molecule has 0 spiro atoms. The summed E-state index contributed by atoms with van der Waals surface area (Å²) in [4.78, 5) is 0. The van der Waals surface area contributed by atoms with Gasteiger partial charge in [0.2, 0.25) is 0 Å². The Balaban J connectivity index is 2.50. The first-order chi connectivity index (χ1) is 7.22. The molecule has 2 nitrogen and oxygen atoms in total. The Labute approximate surface area is 91.6 Å². The molecule has 15 heavy (non-hydrogen) atoms. The molecule has 2 rings (SSSR count). The van der Waals surface area contributed by atoms with Crippen LogP contribution in [0.1, 0.15) is 28.3 Å². The third-order valence-electron chi connectivity index (χ3n) is 3.16. The molecule has 0 aliphatic carbocycles. The van der Waals surface area contributed by atoms with Crippen LogP contribution < -0.4 is 5.32 Å². The molecule has 1 aliphatic heterocycles. The molecule has 1 heterocycles. The van der Waals surface area contributed by atoms with Crippen molar-refractivity contribution in [2.24, 2.45) is 0 Å². The fourth-order valence-corrected chi connectivity index (χ4v) is 2.39. The lowest BCUT2D eigenvalue weighted by Crippen LogP contribution is -2.21. The number of nitrogens with one attached hydrogen (secondary N) is 1. The topological polar surface area (TPSA) is 21.3 Å². The molecule has 1 aromatic rings. The number of rotatable bonds is 1. The zero-order valence-electron chi connectivity index (χ0n) is 9.76. The first-order valence-corrected chi connectivity index (χ1v) is 5.57. The van der Waals surface area contributed by atoms with Crippen LogP contribution in [0.3, 0.4) is 0 Å². The minimum absolute atomic E-state index is 0.348. The molecule has 1 unspecified atom stereocenters. The molecule has 0 saturated carbocycles. The van der Waals surface area contributed by atoms with Crippen molar-refractivity contribution in [2.45, 2.75) is 26.3 Å². The number of ether oxygens (including phenoxy) is 1. The lowest BCUT2D eigenvalue weighted by molar-refractivity contribution is 0.123. The van der Waals surface area contributed by atoms with Gasteiger partial charge in [0.15, 0.2) is 0 Å². The molecule has 0 amide bonds. The Bertz CT molecular complexity index is 360. The lowest BCUT2D eigenvalue weighted by atomic mass is 9.93. The zero-order chi connectivity index (χ0) is 10.8. The monoisotopic (exact) mass is 205 g/mol. The van der Waals surface area contributed by atoms with Gasteiger partial charge in [0.05, 0.1) is 19.3 Å². The van der Waals surface area contributed by atoms with Crippen molar-refractivity contribution < 1.29 is 4.74 Å². The van der Waals surface area contributed by atoms with E-state index in [-0.39, 0.29) is 0 Å². The Morgan fingerprint density at radius 1 is 1.33 bits per heavy atom. The van der Waals surface area contributed by atoms with E-state index in [1.807, 2.05) is 7.05 Å². The molecule has 1 N–H and O–H groups in total. The van der Waals surface area contributed by atoms with Gasteiger partial charge in [0.25, 0.3) is 0 Å². The summed E-state index contributed by atoms with van der Waals surface area (Å²) < 4.78 is 5.61. The zero-order valence-corrected chi connectivity index (χ0v) is 9.76. The van der Waals surface area contributed by atoms with Crippen molar-refractivity contribution in [3.05, 3.63) is 34.4 Å². The number of likely N-dealkylation sites (N-methyl/N-ethyl adjacent to an activating group) is 1. The second kappa shape index (κ2) is 4.33. The third kappa shape index (κ3) is 2.06. The van der Waals surface area contributed by atoms with Crippen molar-refractivity contribution in [3.8, 4) is 0 Å².